The molecule has 1 heterocycles. The lowest BCUT2D eigenvalue weighted by molar-refractivity contribution is -0.145. The molecule has 2 unspecified atom stereocenters. The van der Waals surface area contributed by atoms with E-state index in [1.165, 1.54) is 32.1 Å². The highest BCUT2D eigenvalue weighted by Gasteiger charge is 2.49. The van der Waals surface area contributed by atoms with E-state index >= 15 is 0 Å². The fourth-order valence-corrected chi connectivity index (χ4v) is 3.99. The number of hydrogen-bond acceptors (Lipinski definition) is 3. The van der Waals surface area contributed by atoms with E-state index in [4.69, 9.17) is 27.9 Å². The Morgan fingerprint density at radius 2 is 1.95 bits per heavy atom. The topological polar surface area (TPSA) is 41.6 Å². The lowest BCUT2D eigenvalue weighted by Crippen LogP contribution is -2.54. The van der Waals surface area contributed by atoms with Gasteiger partial charge in [0.25, 0.3) is 5.91 Å². The van der Waals surface area contributed by atoms with Crippen LogP contribution >= 0.6 is 23.2 Å². The number of carbonyl (C=O) groups is 1. The third-order valence-corrected chi connectivity index (χ3v) is 5.20. The van der Waals surface area contributed by atoms with Gasteiger partial charge < -0.3 is 15.0 Å². The normalized spacial score (nSPS) is 29.3. The van der Waals surface area contributed by atoms with Crippen LogP contribution in [0.3, 0.4) is 0 Å². The van der Waals surface area contributed by atoms with E-state index in [9.17, 15) is 4.79 Å². The maximum atomic E-state index is 12.4. The first-order valence-corrected chi connectivity index (χ1v) is 9.26. The van der Waals surface area contributed by atoms with Gasteiger partial charge in [-0.2, -0.15) is 0 Å². The van der Waals surface area contributed by atoms with Gasteiger partial charge in [0.05, 0.1) is 12.1 Å². The van der Waals surface area contributed by atoms with Crippen LogP contribution in [0.2, 0.25) is 0 Å². The standard InChI is InChI=1S/C16H28Cl2N2O2/c1-4-13-12(10-19-11-8-6-5-7-9-11)20(15(21)14(17)18)16(2,3)22-13/h11-14,19H,4-10H2,1-3H3. The van der Waals surface area contributed by atoms with Gasteiger partial charge in [0.15, 0.2) is 4.84 Å². The molecule has 2 atom stereocenters. The molecule has 1 saturated heterocycles. The lowest BCUT2D eigenvalue weighted by atomic mass is 9.95. The van der Waals surface area contributed by atoms with Gasteiger partial charge in [0, 0.05) is 12.6 Å². The van der Waals surface area contributed by atoms with E-state index in [0.717, 1.165) is 13.0 Å². The van der Waals surface area contributed by atoms with Crippen molar-refractivity contribution in [3.05, 3.63) is 0 Å². The summed E-state index contributed by atoms with van der Waals surface area (Å²) in [5.41, 5.74) is -0.668. The van der Waals surface area contributed by atoms with E-state index in [1.807, 2.05) is 13.8 Å². The molecule has 1 saturated carbocycles. The summed E-state index contributed by atoms with van der Waals surface area (Å²) in [6, 6.07) is 0.532. The predicted octanol–water partition coefficient (Wildman–Crippen LogP) is 3.45. The van der Waals surface area contributed by atoms with Crippen LogP contribution in [-0.4, -0.2) is 46.1 Å². The summed E-state index contributed by atoms with van der Waals surface area (Å²) in [6.45, 7) is 6.63. The molecule has 0 bridgehead atoms. The highest BCUT2D eigenvalue weighted by atomic mass is 35.5. The molecule has 0 aromatic heterocycles. The molecule has 1 aliphatic carbocycles. The van der Waals surface area contributed by atoms with E-state index in [-0.39, 0.29) is 18.1 Å². The molecular weight excluding hydrogens is 323 g/mol. The van der Waals surface area contributed by atoms with E-state index in [0.29, 0.717) is 6.04 Å². The van der Waals surface area contributed by atoms with Crippen LogP contribution in [0.1, 0.15) is 59.3 Å². The molecule has 2 aliphatic rings. The highest BCUT2D eigenvalue weighted by Crippen LogP contribution is 2.35. The highest BCUT2D eigenvalue weighted by molar-refractivity contribution is 6.53. The summed E-state index contributed by atoms with van der Waals surface area (Å²) >= 11 is 11.7. The molecular formula is C16H28Cl2N2O2. The molecule has 4 nitrogen and oxygen atoms in total. The Morgan fingerprint density at radius 1 is 1.32 bits per heavy atom. The number of ether oxygens (including phenoxy) is 1. The maximum absolute atomic E-state index is 12.4. The SMILES string of the molecule is CCC1OC(C)(C)N(C(=O)C(Cl)Cl)C1CNC1CCCCC1. The van der Waals surface area contributed by atoms with E-state index in [1.54, 1.807) is 4.90 Å². The molecule has 128 valence electrons. The number of nitrogens with one attached hydrogen (secondary N) is 1. The Bertz CT molecular complexity index is 384. The quantitative estimate of drug-likeness (QED) is 0.772. The van der Waals surface area contributed by atoms with Crippen LogP contribution in [0.5, 0.6) is 0 Å². The molecule has 1 aliphatic heterocycles. The smallest absolute Gasteiger partial charge is 0.258 e. The number of nitrogens with zero attached hydrogens (tertiary/aromatic N) is 1. The lowest BCUT2D eigenvalue weighted by Gasteiger charge is -2.35. The summed E-state index contributed by atoms with van der Waals surface area (Å²) < 4.78 is 6.08. The van der Waals surface area contributed by atoms with Crippen molar-refractivity contribution in [2.24, 2.45) is 0 Å². The Hall–Kier alpha value is -0.0300. The molecule has 1 N–H and O–H groups in total. The van der Waals surface area contributed by atoms with Gasteiger partial charge in [-0.15, -0.1) is 0 Å². The van der Waals surface area contributed by atoms with Crippen molar-refractivity contribution in [1.82, 2.24) is 10.2 Å². The first-order valence-electron chi connectivity index (χ1n) is 8.39. The molecule has 0 aromatic carbocycles. The zero-order valence-electron chi connectivity index (χ0n) is 13.8. The molecule has 1 amide bonds. The maximum Gasteiger partial charge on any atom is 0.258 e. The number of rotatable bonds is 5. The van der Waals surface area contributed by atoms with Crippen molar-refractivity contribution in [2.45, 2.75) is 88.0 Å². The van der Waals surface area contributed by atoms with Gasteiger partial charge in [-0.1, -0.05) is 49.4 Å². The zero-order chi connectivity index (χ0) is 16.3. The molecule has 22 heavy (non-hydrogen) atoms. The minimum Gasteiger partial charge on any atom is -0.351 e. The third-order valence-electron chi connectivity index (χ3n) is 4.83. The van der Waals surface area contributed by atoms with Crippen LogP contribution in [0, 0.1) is 0 Å². The molecule has 0 spiro atoms. The van der Waals surface area contributed by atoms with Crippen molar-refractivity contribution < 1.29 is 9.53 Å². The largest absolute Gasteiger partial charge is 0.351 e. The molecule has 0 aromatic rings. The number of hydrogen-bond donors (Lipinski definition) is 1. The number of carbonyl (C=O) groups excluding carboxylic acids is 1. The average molecular weight is 351 g/mol. The third kappa shape index (κ3) is 4.08. The monoisotopic (exact) mass is 350 g/mol. The second kappa shape index (κ2) is 7.69. The minimum absolute atomic E-state index is 0.0159. The van der Waals surface area contributed by atoms with E-state index < -0.39 is 10.6 Å². The van der Waals surface area contributed by atoms with Crippen molar-refractivity contribution in [1.29, 1.82) is 0 Å². The number of halogens is 2. The van der Waals surface area contributed by atoms with Gasteiger partial charge in [-0.05, 0) is 33.1 Å². The van der Waals surface area contributed by atoms with Crippen LogP contribution < -0.4 is 5.32 Å². The number of alkyl halides is 2. The van der Waals surface area contributed by atoms with Crippen LogP contribution in [0.25, 0.3) is 0 Å². The predicted molar refractivity (Wildman–Crippen MR) is 90.2 cm³/mol. The van der Waals surface area contributed by atoms with E-state index in [2.05, 4.69) is 12.2 Å². The van der Waals surface area contributed by atoms with Crippen LogP contribution in [0.15, 0.2) is 0 Å². The summed E-state index contributed by atoms with van der Waals surface area (Å²) in [5, 5.41) is 3.63. The fourth-order valence-electron chi connectivity index (χ4n) is 3.78. The second-order valence-corrected chi connectivity index (χ2v) is 7.93. The van der Waals surface area contributed by atoms with Crippen LogP contribution in [-0.2, 0) is 9.53 Å². The van der Waals surface area contributed by atoms with Gasteiger partial charge >= 0.3 is 0 Å². The van der Waals surface area contributed by atoms with Crippen molar-refractivity contribution in [3.63, 3.8) is 0 Å². The van der Waals surface area contributed by atoms with Gasteiger partial charge in [-0.25, -0.2) is 0 Å². The van der Waals surface area contributed by atoms with Crippen molar-refractivity contribution in [3.8, 4) is 0 Å². The van der Waals surface area contributed by atoms with Gasteiger partial charge in [-0.3, -0.25) is 4.79 Å². The minimum atomic E-state index is -1.05. The second-order valence-electron chi connectivity index (χ2n) is 6.83. The molecule has 2 rings (SSSR count). The zero-order valence-corrected chi connectivity index (χ0v) is 15.3. The summed E-state index contributed by atoms with van der Waals surface area (Å²) in [5.74, 6) is -0.264. The summed E-state index contributed by atoms with van der Waals surface area (Å²) in [6.07, 6.45) is 7.22. The van der Waals surface area contributed by atoms with Crippen molar-refractivity contribution in [2.75, 3.05) is 6.54 Å². The van der Waals surface area contributed by atoms with Gasteiger partial charge in [0.2, 0.25) is 0 Å². The Balaban J connectivity index is 2.07. The van der Waals surface area contributed by atoms with Gasteiger partial charge in [0.1, 0.15) is 5.72 Å². The molecule has 2 fully saturated rings. The molecule has 0 radical (unpaired) electrons. The number of amides is 1. The van der Waals surface area contributed by atoms with Crippen molar-refractivity contribution >= 4 is 29.1 Å². The summed E-state index contributed by atoms with van der Waals surface area (Å²) in [7, 11) is 0. The average Bonchev–Trinajstić information content (AvgIpc) is 2.75. The Morgan fingerprint density at radius 3 is 2.50 bits per heavy atom. The molecule has 6 heteroatoms. The first kappa shape index (κ1) is 18.3. The van der Waals surface area contributed by atoms with Crippen LogP contribution in [0.4, 0.5) is 0 Å². The Kier molecular flexibility index (Phi) is 6.40. The summed E-state index contributed by atoms with van der Waals surface area (Å²) in [4.78, 5) is 13.1. The fraction of sp³-hybridized carbons (Fsp3) is 0.938. The first-order chi connectivity index (χ1) is 10.4. The Labute approximate surface area is 143 Å².